The quantitative estimate of drug-likeness (QED) is 0.501. The van der Waals surface area contributed by atoms with Crippen molar-refractivity contribution in [1.29, 1.82) is 0 Å². The van der Waals surface area contributed by atoms with Crippen LogP contribution in [0.4, 0.5) is 5.69 Å². The number of anilines is 1. The first-order valence-corrected chi connectivity index (χ1v) is 8.82. The van der Waals surface area contributed by atoms with Gasteiger partial charge in [-0.25, -0.2) is 0 Å². The Bertz CT molecular complexity index is 1170. The Morgan fingerprint density at radius 3 is 2.57 bits per heavy atom. The van der Waals surface area contributed by atoms with Crippen molar-refractivity contribution in [1.82, 2.24) is 10.2 Å². The molecule has 4 rings (SSSR count). The molecule has 0 saturated heterocycles. The van der Waals surface area contributed by atoms with Crippen LogP contribution in [-0.4, -0.2) is 22.0 Å². The van der Waals surface area contributed by atoms with E-state index in [9.17, 15) is 9.59 Å². The number of amides is 2. The van der Waals surface area contributed by atoms with Crippen molar-refractivity contribution in [2.45, 2.75) is 6.42 Å². The highest BCUT2D eigenvalue weighted by Crippen LogP contribution is 2.28. The zero-order valence-electron chi connectivity index (χ0n) is 15.0. The summed E-state index contributed by atoms with van der Waals surface area (Å²) in [6, 6.07) is 22.2. The van der Waals surface area contributed by atoms with Crippen LogP contribution in [0.2, 0.25) is 0 Å². The van der Waals surface area contributed by atoms with Crippen molar-refractivity contribution in [3.8, 4) is 11.3 Å². The molecule has 0 aliphatic rings. The number of fused-ring (bicyclic) bond motifs is 1. The van der Waals surface area contributed by atoms with Gasteiger partial charge in [0.05, 0.1) is 17.6 Å². The summed E-state index contributed by atoms with van der Waals surface area (Å²) >= 11 is 0. The lowest BCUT2D eigenvalue weighted by atomic mass is 10.0. The number of hydrogen-bond donors (Lipinski definition) is 3. The number of nitrogens with one attached hydrogen (secondary N) is 2. The maximum Gasteiger partial charge on any atom is 0.248 e. The van der Waals surface area contributed by atoms with Gasteiger partial charge in [0.2, 0.25) is 11.8 Å². The monoisotopic (exact) mass is 370 g/mol. The second-order valence-corrected chi connectivity index (χ2v) is 6.49. The number of rotatable bonds is 5. The molecule has 3 aromatic carbocycles. The summed E-state index contributed by atoms with van der Waals surface area (Å²) in [4.78, 5) is 23.8. The van der Waals surface area contributed by atoms with Crippen LogP contribution in [0, 0.1) is 0 Å². The number of H-pyrrole nitrogens is 1. The van der Waals surface area contributed by atoms with Crippen LogP contribution in [0.5, 0.6) is 0 Å². The lowest BCUT2D eigenvalue weighted by Gasteiger charge is -2.07. The summed E-state index contributed by atoms with van der Waals surface area (Å²) in [5, 5.41) is 11.0. The van der Waals surface area contributed by atoms with E-state index in [1.165, 1.54) is 0 Å². The maximum absolute atomic E-state index is 12.3. The molecule has 0 atom stereocenters. The van der Waals surface area contributed by atoms with Gasteiger partial charge in [0.1, 0.15) is 0 Å². The van der Waals surface area contributed by atoms with E-state index in [0.717, 1.165) is 22.0 Å². The average Bonchev–Trinajstić information content (AvgIpc) is 3.12. The molecule has 0 spiro atoms. The Morgan fingerprint density at radius 2 is 1.79 bits per heavy atom. The summed E-state index contributed by atoms with van der Waals surface area (Å²) in [5.74, 6) is -0.581. The summed E-state index contributed by atoms with van der Waals surface area (Å²) in [7, 11) is 0. The zero-order chi connectivity index (χ0) is 19.5. The molecular formula is C22H18N4O2. The molecule has 0 aliphatic carbocycles. The molecule has 4 N–H and O–H groups in total. The Kier molecular flexibility index (Phi) is 4.60. The van der Waals surface area contributed by atoms with E-state index in [1.807, 2.05) is 54.6 Å². The molecule has 138 valence electrons. The summed E-state index contributed by atoms with van der Waals surface area (Å²) in [6.07, 6.45) is 0.304. The number of carbonyl (C=O) groups is 2. The van der Waals surface area contributed by atoms with Crippen LogP contribution in [0.3, 0.4) is 0 Å². The molecule has 6 nitrogen and oxygen atoms in total. The number of aromatic nitrogens is 2. The fourth-order valence-corrected chi connectivity index (χ4v) is 3.12. The SMILES string of the molecule is NC(=O)c1ccc2[nH]nc(-c3cccc(NC(=O)Cc4ccccc4)c3)c2c1. The molecule has 0 unspecified atom stereocenters. The molecule has 1 heterocycles. The molecule has 0 saturated carbocycles. The summed E-state index contributed by atoms with van der Waals surface area (Å²) in [6.45, 7) is 0. The van der Waals surface area contributed by atoms with Crippen LogP contribution < -0.4 is 11.1 Å². The van der Waals surface area contributed by atoms with Crippen molar-refractivity contribution < 1.29 is 9.59 Å². The topological polar surface area (TPSA) is 101 Å². The number of aromatic amines is 1. The highest BCUT2D eigenvalue weighted by Gasteiger charge is 2.12. The summed E-state index contributed by atoms with van der Waals surface area (Å²) in [5.41, 5.74) is 9.76. The number of nitrogens with two attached hydrogens (primary N) is 1. The molecule has 6 heteroatoms. The number of hydrogen-bond acceptors (Lipinski definition) is 3. The van der Waals surface area contributed by atoms with E-state index in [4.69, 9.17) is 5.73 Å². The Balaban J connectivity index is 1.60. The molecule has 0 radical (unpaired) electrons. The maximum atomic E-state index is 12.3. The van der Waals surface area contributed by atoms with Gasteiger partial charge in [0.25, 0.3) is 0 Å². The molecule has 2 amide bonds. The van der Waals surface area contributed by atoms with E-state index in [0.29, 0.717) is 23.4 Å². The van der Waals surface area contributed by atoms with E-state index in [-0.39, 0.29) is 5.91 Å². The fraction of sp³-hybridized carbons (Fsp3) is 0.0455. The molecular weight excluding hydrogens is 352 g/mol. The third kappa shape index (κ3) is 3.61. The first-order valence-electron chi connectivity index (χ1n) is 8.82. The van der Waals surface area contributed by atoms with Crippen LogP contribution in [0.25, 0.3) is 22.2 Å². The molecule has 28 heavy (non-hydrogen) atoms. The fourth-order valence-electron chi connectivity index (χ4n) is 3.12. The number of carbonyl (C=O) groups excluding carboxylic acids is 2. The van der Waals surface area contributed by atoms with E-state index < -0.39 is 5.91 Å². The first kappa shape index (κ1) is 17.5. The van der Waals surface area contributed by atoms with Crippen LogP contribution in [0.15, 0.2) is 72.8 Å². The van der Waals surface area contributed by atoms with Gasteiger partial charge in [-0.15, -0.1) is 0 Å². The van der Waals surface area contributed by atoms with Gasteiger partial charge < -0.3 is 11.1 Å². The predicted octanol–water partition coefficient (Wildman–Crippen LogP) is 3.51. The lowest BCUT2D eigenvalue weighted by molar-refractivity contribution is -0.115. The highest BCUT2D eigenvalue weighted by molar-refractivity contribution is 6.01. The number of primary amides is 1. The van der Waals surface area contributed by atoms with Crippen molar-refractivity contribution in [3.05, 3.63) is 83.9 Å². The van der Waals surface area contributed by atoms with E-state index in [1.54, 1.807) is 18.2 Å². The van der Waals surface area contributed by atoms with Gasteiger partial charge >= 0.3 is 0 Å². The molecule has 1 aromatic heterocycles. The second kappa shape index (κ2) is 7.36. The summed E-state index contributed by atoms with van der Waals surface area (Å²) < 4.78 is 0. The Labute approximate surface area is 161 Å². The lowest BCUT2D eigenvalue weighted by Crippen LogP contribution is -2.14. The van der Waals surface area contributed by atoms with E-state index in [2.05, 4.69) is 15.5 Å². The molecule has 0 fully saturated rings. The number of benzene rings is 3. The van der Waals surface area contributed by atoms with Gasteiger partial charge in [-0.3, -0.25) is 14.7 Å². The minimum absolute atomic E-state index is 0.0914. The van der Waals surface area contributed by atoms with Crippen molar-refractivity contribution in [3.63, 3.8) is 0 Å². The van der Waals surface area contributed by atoms with Crippen LogP contribution in [-0.2, 0) is 11.2 Å². The molecule has 0 bridgehead atoms. The van der Waals surface area contributed by atoms with Crippen molar-refractivity contribution in [2.24, 2.45) is 5.73 Å². The van der Waals surface area contributed by atoms with Gasteiger partial charge in [-0.1, -0.05) is 42.5 Å². The molecule has 4 aromatic rings. The van der Waals surface area contributed by atoms with Gasteiger partial charge in [0.15, 0.2) is 0 Å². The largest absolute Gasteiger partial charge is 0.366 e. The Hall–Kier alpha value is -3.93. The van der Waals surface area contributed by atoms with Gasteiger partial charge in [-0.2, -0.15) is 5.10 Å². The first-order chi connectivity index (χ1) is 13.6. The van der Waals surface area contributed by atoms with Crippen LogP contribution in [0.1, 0.15) is 15.9 Å². The third-order valence-electron chi connectivity index (χ3n) is 4.47. The van der Waals surface area contributed by atoms with Crippen molar-refractivity contribution in [2.75, 3.05) is 5.32 Å². The number of nitrogens with zero attached hydrogens (tertiary/aromatic N) is 1. The molecule has 0 aliphatic heterocycles. The minimum atomic E-state index is -0.490. The average molecular weight is 370 g/mol. The standard InChI is InChI=1S/C22H18N4O2/c23-22(28)16-9-10-19-18(13-16)21(26-25-19)15-7-4-8-17(12-15)24-20(27)11-14-5-2-1-3-6-14/h1-10,12-13H,11H2,(H2,23,28)(H,24,27)(H,25,26). The van der Waals surface area contributed by atoms with Crippen LogP contribution >= 0.6 is 0 Å². The van der Waals surface area contributed by atoms with Gasteiger partial charge in [-0.05, 0) is 35.9 Å². The predicted molar refractivity (Wildman–Crippen MR) is 109 cm³/mol. The normalized spacial score (nSPS) is 10.7. The van der Waals surface area contributed by atoms with Crippen molar-refractivity contribution >= 4 is 28.4 Å². The Morgan fingerprint density at radius 1 is 0.964 bits per heavy atom. The second-order valence-electron chi connectivity index (χ2n) is 6.49. The highest BCUT2D eigenvalue weighted by atomic mass is 16.1. The van der Waals surface area contributed by atoms with E-state index >= 15 is 0 Å². The third-order valence-corrected chi connectivity index (χ3v) is 4.47. The zero-order valence-corrected chi connectivity index (χ0v) is 15.0. The smallest absolute Gasteiger partial charge is 0.248 e. The minimum Gasteiger partial charge on any atom is -0.366 e. The van der Waals surface area contributed by atoms with Gasteiger partial charge in [0, 0.05) is 22.2 Å².